The Kier molecular flexibility index (Phi) is 4.90. The third-order valence-electron chi connectivity index (χ3n) is 3.35. The SMILES string of the molecule is CN1CCN(CCS(=O)c2cc(N)cc(F)c2)CC1. The standard InChI is InChI=1S/C13H20FN3OS/c1-16-2-4-17(5-3-16)6-7-19(18)13-9-11(14)8-12(15)10-13/h8-10H,2-7,15H2,1H3. The first-order valence-electron chi connectivity index (χ1n) is 6.40. The molecule has 1 aromatic rings. The number of likely N-dealkylation sites (N-methyl/N-ethyl adjacent to an activating group) is 1. The molecular weight excluding hydrogens is 265 g/mol. The minimum absolute atomic E-state index is 0.322. The summed E-state index contributed by atoms with van der Waals surface area (Å²) in [7, 11) is 0.913. The average Bonchev–Trinajstić information content (AvgIpc) is 2.36. The summed E-state index contributed by atoms with van der Waals surface area (Å²) in [5, 5.41) is 0. The molecule has 1 heterocycles. The lowest BCUT2D eigenvalue weighted by Gasteiger charge is -2.32. The van der Waals surface area contributed by atoms with Crippen LogP contribution < -0.4 is 5.73 Å². The predicted octanol–water partition coefficient (Wildman–Crippen LogP) is 0.763. The molecule has 1 saturated heterocycles. The Morgan fingerprint density at radius 3 is 2.58 bits per heavy atom. The molecule has 4 nitrogen and oxygen atoms in total. The van der Waals surface area contributed by atoms with Crippen LogP contribution in [0.2, 0.25) is 0 Å². The van der Waals surface area contributed by atoms with Crippen LogP contribution in [-0.2, 0) is 10.8 Å². The molecule has 0 spiro atoms. The van der Waals surface area contributed by atoms with Gasteiger partial charge < -0.3 is 10.6 Å². The van der Waals surface area contributed by atoms with Crippen molar-refractivity contribution < 1.29 is 8.60 Å². The third kappa shape index (κ3) is 4.26. The Morgan fingerprint density at radius 2 is 1.95 bits per heavy atom. The second-order valence-corrected chi connectivity index (χ2v) is 6.49. The van der Waals surface area contributed by atoms with Crippen molar-refractivity contribution in [1.29, 1.82) is 0 Å². The van der Waals surface area contributed by atoms with Crippen LogP contribution in [0.5, 0.6) is 0 Å². The zero-order valence-electron chi connectivity index (χ0n) is 11.1. The van der Waals surface area contributed by atoms with E-state index >= 15 is 0 Å². The smallest absolute Gasteiger partial charge is 0.126 e. The first-order valence-corrected chi connectivity index (χ1v) is 7.72. The van der Waals surface area contributed by atoms with E-state index in [0.29, 0.717) is 16.3 Å². The van der Waals surface area contributed by atoms with E-state index in [1.807, 2.05) is 0 Å². The molecule has 0 bridgehead atoms. The van der Waals surface area contributed by atoms with Crippen LogP contribution in [0.4, 0.5) is 10.1 Å². The third-order valence-corrected chi connectivity index (χ3v) is 4.66. The van der Waals surface area contributed by atoms with Crippen LogP contribution in [0.1, 0.15) is 0 Å². The number of nitrogens with zero attached hydrogens (tertiary/aromatic N) is 2. The number of nitrogen functional groups attached to an aromatic ring is 1. The molecule has 2 rings (SSSR count). The maximum atomic E-state index is 13.2. The summed E-state index contributed by atoms with van der Waals surface area (Å²) in [6.45, 7) is 4.86. The molecular formula is C13H20FN3OS. The number of hydrogen-bond donors (Lipinski definition) is 1. The Labute approximate surface area is 115 Å². The lowest BCUT2D eigenvalue weighted by molar-refractivity contribution is 0.161. The molecule has 1 unspecified atom stereocenters. The fourth-order valence-corrected chi connectivity index (χ4v) is 3.29. The fraction of sp³-hybridized carbons (Fsp3) is 0.538. The summed E-state index contributed by atoms with van der Waals surface area (Å²) in [5.74, 6) is 0.0926. The van der Waals surface area contributed by atoms with Crippen LogP contribution in [0, 0.1) is 5.82 Å². The number of benzene rings is 1. The topological polar surface area (TPSA) is 49.6 Å². The summed E-state index contributed by atoms with van der Waals surface area (Å²) >= 11 is 0. The number of hydrogen-bond acceptors (Lipinski definition) is 4. The molecule has 6 heteroatoms. The van der Waals surface area contributed by atoms with Crippen molar-refractivity contribution in [3.05, 3.63) is 24.0 Å². The van der Waals surface area contributed by atoms with E-state index in [1.165, 1.54) is 12.1 Å². The molecule has 0 amide bonds. The van der Waals surface area contributed by atoms with Gasteiger partial charge in [0, 0.05) is 49.1 Å². The highest BCUT2D eigenvalue weighted by Crippen LogP contribution is 2.14. The van der Waals surface area contributed by atoms with Crippen molar-refractivity contribution in [2.24, 2.45) is 0 Å². The van der Waals surface area contributed by atoms with Gasteiger partial charge in [-0.2, -0.15) is 0 Å². The molecule has 19 heavy (non-hydrogen) atoms. The van der Waals surface area contributed by atoms with Gasteiger partial charge in [-0.3, -0.25) is 9.11 Å². The van der Waals surface area contributed by atoms with Gasteiger partial charge in [-0.05, 0) is 25.2 Å². The highest BCUT2D eigenvalue weighted by atomic mass is 32.2. The van der Waals surface area contributed by atoms with E-state index in [4.69, 9.17) is 5.73 Å². The van der Waals surface area contributed by atoms with Crippen LogP contribution >= 0.6 is 0 Å². The van der Waals surface area contributed by atoms with Crippen molar-refractivity contribution in [3.8, 4) is 0 Å². The molecule has 1 atom stereocenters. The molecule has 2 N–H and O–H groups in total. The monoisotopic (exact) mass is 285 g/mol. The molecule has 1 aliphatic heterocycles. The highest BCUT2D eigenvalue weighted by Gasteiger charge is 2.15. The lowest BCUT2D eigenvalue weighted by Crippen LogP contribution is -2.45. The molecule has 0 radical (unpaired) electrons. The number of anilines is 1. The van der Waals surface area contributed by atoms with Crippen molar-refractivity contribution >= 4 is 16.5 Å². The summed E-state index contributed by atoms with van der Waals surface area (Å²) in [6.07, 6.45) is 0. The van der Waals surface area contributed by atoms with E-state index in [2.05, 4.69) is 16.8 Å². The Morgan fingerprint density at radius 1 is 1.26 bits per heavy atom. The van der Waals surface area contributed by atoms with Crippen molar-refractivity contribution in [2.75, 3.05) is 51.3 Å². The van der Waals surface area contributed by atoms with Gasteiger partial charge in [-0.25, -0.2) is 4.39 Å². The highest BCUT2D eigenvalue weighted by molar-refractivity contribution is 7.85. The fourth-order valence-electron chi connectivity index (χ4n) is 2.12. The van der Waals surface area contributed by atoms with Gasteiger partial charge in [0.25, 0.3) is 0 Å². The van der Waals surface area contributed by atoms with E-state index in [1.54, 1.807) is 6.07 Å². The quantitative estimate of drug-likeness (QED) is 0.830. The van der Waals surface area contributed by atoms with Gasteiger partial charge in [0.05, 0.1) is 10.8 Å². The van der Waals surface area contributed by atoms with Gasteiger partial charge in [-0.15, -0.1) is 0 Å². The van der Waals surface area contributed by atoms with Gasteiger partial charge in [0.15, 0.2) is 0 Å². The molecule has 1 aromatic carbocycles. The van der Waals surface area contributed by atoms with Crippen molar-refractivity contribution in [1.82, 2.24) is 9.80 Å². The van der Waals surface area contributed by atoms with Crippen LogP contribution in [0.15, 0.2) is 23.1 Å². The van der Waals surface area contributed by atoms with E-state index in [-0.39, 0.29) is 0 Å². The summed E-state index contributed by atoms with van der Waals surface area (Å²) in [4.78, 5) is 5.05. The predicted molar refractivity (Wildman–Crippen MR) is 76.0 cm³/mol. The van der Waals surface area contributed by atoms with Gasteiger partial charge in [0.2, 0.25) is 0 Å². The van der Waals surface area contributed by atoms with Crippen LogP contribution in [0.25, 0.3) is 0 Å². The first-order chi connectivity index (χ1) is 9.04. The zero-order chi connectivity index (χ0) is 13.8. The largest absolute Gasteiger partial charge is 0.399 e. The minimum atomic E-state index is -1.19. The molecule has 0 saturated carbocycles. The van der Waals surface area contributed by atoms with E-state index < -0.39 is 16.6 Å². The molecule has 106 valence electrons. The number of piperazine rings is 1. The number of nitrogens with two attached hydrogens (primary N) is 1. The van der Waals surface area contributed by atoms with Crippen LogP contribution in [-0.4, -0.2) is 59.5 Å². The molecule has 1 fully saturated rings. The van der Waals surface area contributed by atoms with Gasteiger partial charge >= 0.3 is 0 Å². The Hall–Kier alpha value is -0.980. The summed E-state index contributed by atoms with van der Waals surface area (Å²) < 4.78 is 25.3. The Balaban J connectivity index is 1.87. The van der Waals surface area contributed by atoms with Crippen molar-refractivity contribution in [3.63, 3.8) is 0 Å². The van der Waals surface area contributed by atoms with E-state index in [0.717, 1.165) is 32.7 Å². The van der Waals surface area contributed by atoms with E-state index in [9.17, 15) is 8.60 Å². The molecule has 0 aromatic heterocycles. The lowest BCUT2D eigenvalue weighted by atomic mass is 10.3. The van der Waals surface area contributed by atoms with Gasteiger partial charge in [0.1, 0.15) is 5.82 Å². The summed E-state index contributed by atoms with van der Waals surface area (Å²) in [5.41, 5.74) is 5.88. The minimum Gasteiger partial charge on any atom is -0.399 e. The van der Waals surface area contributed by atoms with Crippen LogP contribution in [0.3, 0.4) is 0 Å². The number of rotatable bonds is 4. The maximum Gasteiger partial charge on any atom is 0.126 e. The molecule has 1 aliphatic rings. The second-order valence-electron chi connectivity index (χ2n) is 4.91. The summed E-state index contributed by atoms with van der Waals surface area (Å²) in [6, 6.07) is 4.13. The zero-order valence-corrected chi connectivity index (χ0v) is 12.0. The normalized spacial score (nSPS) is 19.5. The first kappa shape index (κ1) is 14.4. The Bertz CT molecular complexity index is 441. The van der Waals surface area contributed by atoms with Crippen molar-refractivity contribution in [2.45, 2.75) is 4.90 Å². The maximum absolute atomic E-state index is 13.2. The number of halogens is 1. The average molecular weight is 285 g/mol. The second kappa shape index (κ2) is 6.45. The molecule has 0 aliphatic carbocycles. The van der Waals surface area contributed by atoms with Gasteiger partial charge in [-0.1, -0.05) is 0 Å².